The van der Waals surface area contributed by atoms with Crippen LogP contribution in [0.2, 0.25) is 0 Å². The average molecular weight is 315 g/mol. The maximum Gasteiger partial charge on any atom is 0.305 e. The zero-order valence-corrected chi connectivity index (χ0v) is 12.0. The minimum absolute atomic E-state index is 0.0273. The molecular weight excluding hydrogens is 302 g/mol. The maximum absolute atomic E-state index is 12.0. The van der Waals surface area contributed by atoms with E-state index in [9.17, 15) is 13.2 Å². The number of rotatable bonds is 7. The van der Waals surface area contributed by atoms with Gasteiger partial charge in [0.15, 0.2) is 0 Å². The lowest BCUT2D eigenvalue weighted by Gasteiger charge is -2.02. The fraction of sp³-hybridized carbons (Fsp3) is 0.273. The number of carbonyl (C=O) groups is 1. The summed E-state index contributed by atoms with van der Waals surface area (Å²) in [5.41, 5.74) is 0. The maximum atomic E-state index is 12.0. The summed E-state index contributed by atoms with van der Waals surface area (Å²) >= 11 is 1.46. The summed E-state index contributed by atoms with van der Waals surface area (Å²) in [7, 11) is -3.63. The van der Waals surface area contributed by atoms with Gasteiger partial charge in [0.05, 0.1) is 19.2 Å². The Balaban J connectivity index is 2.00. The summed E-state index contributed by atoms with van der Waals surface area (Å²) in [6.45, 7) is 0.357. The molecule has 0 saturated carbocycles. The van der Waals surface area contributed by atoms with Crippen molar-refractivity contribution < 1.29 is 18.3 Å². The number of nitrogens with one attached hydrogen (secondary N) is 1. The average Bonchev–Trinajstić information content (AvgIpc) is 3.05. The van der Waals surface area contributed by atoms with Gasteiger partial charge in [0, 0.05) is 17.6 Å². The Kier molecular flexibility index (Phi) is 4.53. The van der Waals surface area contributed by atoms with Gasteiger partial charge < -0.3 is 5.11 Å². The summed E-state index contributed by atoms with van der Waals surface area (Å²) in [4.78, 5) is 11.4. The van der Waals surface area contributed by atoms with Gasteiger partial charge in [-0.05, 0) is 11.4 Å². The van der Waals surface area contributed by atoms with Gasteiger partial charge in [0.2, 0.25) is 10.0 Å². The van der Waals surface area contributed by atoms with Gasteiger partial charge in [-0.1, -0.05) is 6.07 Å². The van der Waals surface area contributed by atoms with Crippen molar-refractivity contribution in [3.63, 3.8) is 0 Å². The van der Waals surface area contributed by atoms with E-state index in [1.54, 1.807) is 0 Å². The molecule has 9 heteroatoms. The van der Waals surface area contributed by atoms with Crippen LogP contribution in [0.15, 0.2) is 34.8 Å². The second-order valence-electron chi connectivity index (χ2n) is 3.99. The SMILES string of the molecule is O=C(O)CCn1cc(S(=O)(=O)NCc2cccs2)cn1. The molecule has 20 heavy (non-hydrogen) atoms. The predicted molar refractivity (Wildman–Crippen MR) is 72.8 cm³/mol. The zero-order valence-electron chi connectivity index (χ0n) is 10.4. The number of aryl methyl sites for hydroxylation is 1. The molecule has 2 rings (SSSR count). The number of hydrogen-bond acceptors (Lipinski definition) is 5. The normalized spacial score (nSPS) is 11.6. The fourth-order valence-electron chi connectivity index (χ4n) is 1.48. The number of sulfonamides is 1. The number of aromatic nitrogens is 2. The van der Waals surface area contributed by atoms with Crippen LogP contribution in [0, 0.1) is 0 Å². The third-order valence-corrected chi connectivity index (χ3v) is 4.72. The molecule has 0 radical (unpaired) electrons. The molecule has 0 saturated heterocycles. The number of thiophene rings is 1. The Morgan fingerprint density at radius 3 is 2.95 bits per heavy atom. The molecule has 2 aromatic heterocycles. The van der Waals surface area contributed by atoms with Gasteiger partial charge in [-0.3, -0.25) is 9.48 Å². The summed E-state index contributed by atoms with van der Waals surface area (Å²) < 4.78 is 27.8. The fourth-order valence-corrected chi connectivity index (χ4v) is 3.17. The molecule has 2 N–H and O–H groups in total. The highest BCUT2D eigenvalue weighted by atomic mass is 32.2. The topological polar surface area (TPSA) is 101 Å². The smallest absolute Gasteiger partial charge is 0.305 e. The van der Waals surface area contributed by atoms with E-state index in [4.69, 9.17) is 5.11 Å². The molecule has 2 heterocycles. The van der Waals surface area contributed by atoms with E-state index < -0.39 is 16.0 Å². The molecule has 0 aliphatic rings. The first kappa shape index (κ1) is 14.7. The second-order valence-corrected chi connectivity index (χ2v) is 6.79. The Morgan fingerprint density at radius 2 is 2.30 bits per heavy atom. The lowest BCUT2D eigenvalue weighted by molar-refractivity contribution is -0.137. The van der Waals surface area contributed by atoms with Crippen LogP contribution in [0.1, 0.15) is 11.3 Å². The highest BCUT2D eigenvalue weighted by molar-refractivity contribution is 7.89. The van der Waals surface area contributed by atoms with Crippen LogP contribution in [-0.4, -0.2) is 29.3 Å². The van der Waals surface area contributed by atoms with Crippen LogP contribution in [0.25, 0.3) is 0 Å². The van der Waals surface area contributed by atoms with Gasteiger partial charge in [-0.25, -0.2) is 13.1 Å². The summed E-state index contributed by atoms with van der Waals surface area (Å²) in [5.74, 6) is -0.958. The van der Waals surface area contributed by atoms with E-state index in [1.807, 2.05) is 17.5 Å². The highest BCUT2D eigenvalue weighted by Crippen LogP contribution is 2.11. The van der Waals surface area contributed by atoms with E-state index in [0.29, 0.717) is 0 Å². The minimum Gasteiger partial charge on any atom is -0.481 e. The van der Waals surface area contributed by atoms with Crippen molar-refractivity contribution in [3.05, 3.63) is 34.8 Å². The number of hydrogen-bond donors (Lipinski definition) is 2. The van der Waals surface area contributed by atoms with Crippen molar-refractivity contribution in [1.82, 2.24) is 14.5 Å². The molecule has 0 fully saturated rings. The van der Waals surface area contributed by atoms with Gasteiger partial charge in [0.1, 0.15) is 4.90 Å². The Labute approximate surface area is 119 Å². The molecular formula is C11H13N3O4S2. The van der Waals surface area contributed by atoms with Gasteiger partial charge >= 0.3 is 5.97 Å². The number of aliphatic carboxylic acids is 1. The Bertz CT molecular complexity index is 676. The molecule has 0 atom stereocenters. The third kappa shape index (κ3) is 3.89. The summed E-state index contributed by atoms with van der Waals surface area (Å²) in [6, 6.07) is 3.68. The molecule has 2 aromatic rings. The highest BCUT2D eigenvalue weighted by Gasteiger charge is 2.16. The third-order valence-electron chi connectivity index (χ3n) is 2.49. The number of nitrogens with zero attached hydrogens (tertiary/aromatic N) is 2. The Morgan fingerprint density at radius 1 is 1.50 bits per heavy atom. The lowest BCUT2D eigenvalue weighted by atomic mass is 10.4. The van der Waals surface area contributed by atoms with E-state index in [-0.39, 0.29) is 24.4 Å². The van der Waals surface area contributed by atoms with Crippen LogP contribution >= 0.6 is 11.3 Å². The van der Waals surface area contributed by atoms with Crippen LogP contribution < -0.4 is 4.72 Å². The van der Waals surface area contributed by atoms with E-state index in [0.717, 1.165) is 4.88 Å². The van der Waals surface area contributed by atoms with Crippen LogP contribution in [0.3, 0.4) is 0 Å². The first-order valence-electron chi connectivity index (χ1n) is 5.74. The largest absolute Gasteiger partial charge is 0.481 e. The number of carboxylic acids is 1. The zero-order chi connectivity index (χ0) is 14.6. The Hall–Kier alpha value is -1.71. The van der Waals surface area contributed by atoms with Crippen molar-refractivity contribution >= 4 is 27.3 Å². The van der Waals surface area contributed by atoms with Crippen molar-refractivity contribution in [2.24, 2.45) is 0 Å². The standard InChI is InChI=1S/C11H13N3O4S2/c15-11(16)3-4-14-8-10(7-12-14)20(17,18)13-6-9-2-1-5-19-9/h1-2,5,7-8,13H,3-4,6H2,(H,15,16). The van der Waals surface area contributed by atoms with Crippen molar-refractivity contribution in [2.75, 3.05) is 0 Å². The van der Waals surface area contributed by atoms with Crippen LogP contribution in [0.5, 0.6) is 0 Å². The van der Waals surface area contributed by atoms with Gasteiger partial charge in [-0.2, -0.15) is 5.10 Å². The second kappa shape index (κ2) is 6.16. The predicted octanol–water partition coefficient (Wildman–Crippen LogP) is 0.898. The van der Waals surface area contributed by atoms with E-state index in [2.05, 4.69) is 9.82 Å². The van der Waals surface area contributed by atoms with Crippen LogP contribution in [-0.2, 0) is 27.9 Å². The molecule has 0 aliphatic carbocycles. The van der Waals surface area contributed by atoms with Gasteiger partial charge in [0.25, 0.3) is 0 Å². The molecule has 0 aromatic carbocycles. The molecule has 0 spiro atoms. The van der Waals surface area contributed by atoms with Gasteiger partial charge in [-0.15, -0.1) is 11.3 Å². The quantitative estimate of drug-likeness (QED) is 0.790. The van der Waals surface area contributed by atoms with Crippen molar-refractivity contribution in [1.29, 1.82) is 0 Å². The molecule has 0 amide bonds. The van der Waals surface area contributed by atoms with Crippen molar-refractivity contribution in [3.8, 4) is 0 Å². The molecule has 7 nitrogen and oxygen atoms in total. The van der Waals surface area contributed by atoms with Crippen molar-refractivity contribution in [2.45, 2.75) is 24.4 Å². The molecule has 0 aliphatic heterocycles. The first-order chi connectivity index (χ1) is 9.47. The van der Waals surface area contributed by atoms with E-state index >= 15 is 0 Å². The van der Waals surface area contributed by atoms with E-state index in [1.165, 1.54) is 28.4 Å². The minimum atomic E-state index is -3.63. The molecule has 108 valence electrons. The first-order valence-corrected chi connectivity index (χ1v) is 8.10. The molecule has 0 bridgehead atoms. The number of carboxylic acid groups (broad SMARTS) is 1. The monoisotopic (exact) mass is 315 g/mol. The summed E-state index contributed by atoms with van der Waals surface area (Å²) in [6.07, 6.45) is 2.42. The lowest BCUT2D eigenvalue weighted by Crippen LogP contribution is -2.22. The summed E-state index contributed by atoms with van der Waals surface area (Å²) in [5, 5.41) is 14.3. The molecule has 0 unspecified atom stereocenters. The van der Waals surface area contributed by atoms with Crippen LogP contribution in [0.4, 0.5) is 0 Å².